The average Bonchev–Trinajstić information content (AvgIpc) is 1.99. The molecule has 68 valence electrons. The van der Waals surface area contributed by atoms with E-state index < -0.39 is 0 Å². The molecule has 0 saturated carbocycles. The number of hydrogen-bond acceptors (Lipinski definition) is 1. The van der Waals surface area contributed by atoms with E-state index in [4.69, 9.17) is 16.1 Å². The zero-order valence-electron chi connectivity index (χ0n) is 7.67. The number of halogens is 1. The molecule has 0 saturated heterocycles. The third kappa shape index (κ3) is 6.45. The SMILES string of the molecule is C=C/C(Cl)=C\C=C(/C)OP(C)C. The Bertz CT molecular complexity index is 207. The van der Waals surface area contributed by atoms with E-state index in [0.717, 1.165) is 5.76 Å². The number of hydrogen-bond donors (Lipinski definition) is 0. The molecule has 0 aliphatic heterocycles. The fourth-order valence-electron chi connectivity index (χ4n) is 0.583. The van der Waals surface area contributed by atoms with Gasteiger partial charge in [0.25, 0.3) is 0 Å². The number of rotatable bonds is 4. The van der Waals surface area contributed by atoms with Crippen LogP contribution in [0.3, 0.4) is 0 Å². The monoisotopic (exact) mass is 204 g/mol. The predicted molar refractivity (Wildman–Crippen MR) is 57.7 cm³/mol. The van der Waals surface area contributed by atoms with E-state index in [9.17, 15) is 0 Å². The van der Waals surface area contributed by atoms with E-state index in [2.05, 4.69) is 6.58 Å². The van der Waals surface area contributed by atoms with Gasteiger partial charge in [-0.15, -0.1) is 0 Å². The lowest BCUT2D eigenvalue weighted by Crippen LogP contribution is -1.78. The van der Waals surface area contributed by atoms with Crippen LogP contribution >= 0.6 is 19.7 Å². The summed E-state index contributed by atoms with van der Waals surface area (Å²) in [4.78, 5) is 0. The van der Waals surface area contributed by atoms with Crippen LogP contribution in [0.15, 0.2) is 35.6 Å². The summed E-state index contributed by atoms with van der Waals surface area (Å²) in [5, 5.41) is 0.620. The van der Waals surface area contributed by atoms with Gasteiger partial charge in [0, 0.05) is 5.03 Å². The van der Waals surface area contributed by atoms with Gasteiger partial charge in [0.05, 0.1) is 13.9 Å². The molecule has 0 aliphatic carbocycles. The highest BCUT2D eigenvalue weighted by atomic mass is 35.5. The molecule has 0 aliphatic rings. The topological polar surface area (TPSA) is 9.23 Å². The maximum absolute atomic E-state index is 5.69. The second kappa shape index (κ2) is 6.28. The highest BCUT2D eigenvalue weighted by Crippen LogP contribution is 2.29. The van der Waals surface area contributed by atoms with Crippen LogP contribution in [0.1, 0.15) is 6.92 Å². The Morgan fingerprint density at radius 2 is 2.00 bits per heavy atom. The summed E-state index contributed by atoms with van der Waals surface area (Å²) in [5.74, 6) is 0.881. The first-order valence-corrected chi connectivity index (χ1v) is 6.11. The molecule has 0 heterocycles. The Morgan fingerprint density at radius 1 is 1.42 bits per heavy atom. The molecular formula is C9H14ClOP. The summed E-state index contributed by atoms with van der Waals surface area (Å²) in [5.41, 5.74) is 0. The van der Waals surface area contributed by atoms with E-state index in [1.54, 1.807) is 12.2 Å². The molecule has 0 radical (unpaired) electrons. The van der Waals surface area contributed by atoms with Crippen molar-refractivity contribution in [3.8, 4) is 0 Å². The molecule has 0 fully saturated rings. The minimum Gasteiger partial charge on any atom is -0.479 e. The van der Waals surface area contributed by atoms with E-state index in [0.29, 0.717) is 5.03 Å². The van der Waals surface area contributed by atoms with Crippen molar-refractivity contribution in [3.05, 3.63) is 35.6 Å². The van der Waals surface area contributed by atoms with Gasteiger partial charge in [-0.1, -0.05) is 24.3 Å². The third-order valence-electron chi connectivity index (χ3n) is 0.999. The molecule has 0 aromatic rings. The van der Waals surface area contributed by atoms with Gasteiger partial charge in [-0.05, 0) is 32.4 Å². The van der Waals surface area contributed by atoms with Gasteiger partial charge in [0.2, 0.25) is 0 Å². The zero-order chi connectivity index (χ0) is 9.56. The van der Waals surface area contributed by atoms with Crippen molar-refractivity contribution in [2.75, 3.05) is 13.3 Å². The first-order chi connectivity index (χ1) is 5.56. The summed E-state index contributed by atoms with van der Waals surface area (Å²) in [6.07, 6.45) is 5.20. The molecule has 3 heteroatoms. The van der Waals surface area contributed by atoms with Crippen LogP contribution in [0, 0.1) is 0 Å². The van der Waals surface area contributed by atoms with Crippen LogP contribution in [-0.2, 0) is 4.52 Å². The Kier molecular flexibility index (Phi) is 6.14. The summed E-state index contributed by atoms with van der Waals surface area (Å²) in [7, 11) is -0.341. The average molecular weight is 205 g/mol. The second-order valence-corrected chi connectivity index (χ2v) is 4.68. The van der Waals surface area contributed by atoms with Crippen LogP contribution in [0.2, 0.25) is 0 Å². The van der Waals surface area contributed by atoms with Crippen LogP contribution in [0.5, 0.6) is 0 Å². The zero-order valence-corrected chi connectivity index (χ0v) is 9.32. The first-order valence-electron chi connectivity index (χ1n) is 3.58. The van der Waals surface area contributed by atoms with Gasteiger partial charge in [-0.2, -0.15) is 0 Å². The molecule has 0 amide bonds. The molecule has 0 atom stereocenters. The van der Waals surface area contributed by atoms with Crippen molar-refractivity contribution in [2.24, 2.45) is 0 Å². The Morgan fingerprint density at radius 3 is 2.42 bits per heavy atom. The second-order valence-electron chi connectivity index (χ2n) is 2.44. The van der Waals surface area contributed by atoms with Crippen molar-refractivity contribution in [2.45, 2.75) is 6.92 Å². The molecule has 0 spiro atoms. The Labute approximate surface area is 80.6 Å². The fraction of sp³-hybridized carbons (Fsp3) is 0.333. The fourth-order valence-corrected chi connectivity index (χ4v) is 1.28. The van der Waals surface area contributed by atoms with Crippen LogP contribution in [-0.4, -0.2) is 13.3 Å². The van der Waals surface area contributed by atoms with E-state index in [1.165, 1.54) is 0 Å². The highest BCUT2D eigenvalue weighted by Gasteiger charge is 1.92. The van der Waals surface area contributed by atoms with Crippen LogP contribution < -0.4 is 0 Å². The van der Waals surface area contributed by atoms with Crippen LogP contribution in [0.4, 0.5) is 0 Å². The molecule has 0 rings (SSSR count). The summed E-state index contributed by atoms with van der Waals surface area (Å²) in [6.45, 7) is 9.54. The number of allylic oxidation sites excluding steroid dienone is 5. The standard InChI is InChI=1S/C9H14ClOP/c1-5-9(10)7-6-8(2)11-12(3)4/h5-7H,1H2,2-4H3/b8-6+,9-7+. The Hall–Kier alpha value is -0.260. The maximum atomic E-state index is 5.69. The van der Waals surface area contributed by atoms with Crippen molar-refractivity contribution < 1.29 is 4.52 Å². The third-order valence-corrected chi connectivity index (χ3v) is 1.93. The van der Waals surface area contributed by atoms with Gasteiger partial charge in [-0.25, -0.2) is 0 Å². The van der Waals surface area contributed by atoms with Crippen molar-refractivity contribution >= 4 is 19.7 Å². The molecule has 0 unspecified atom stereocenters. The smallest absolute Gasteiger partial charge is 0.0969 e. The van der Waals surface area contributed by atoms with Crippen molar-refractivity contribution in [1.29, 1.82) is 0 Å². The normalized spacial score (nSPS) is 13.4. The van der Waals surface area contributed by atoms with Crippen molar-refractivity contribution in [3.63, 3.8) is 0 Å². The molecule has 1 nitrogen and oxygen atoms in total. The van der Waals surface area contributed by atoms with Crippen molar-refractivity contribution in [1.82, 2.24) is 0 Å². The summed E-state index contributed by atoms with van der Waals surface area (Å²) in [6, 6.07) is 0. The van der Waals surface area contributed by atoms with Gasteiger partial charge >= 0.3 is 0 Å². The van der Waals surface area contributed by atoms with Gasteiger partial charge in [-0.3, -0.25) is 0 Å². The largest absolute Gasteiger partial charge is 0.479 e. The summed E-state index contributed by atoms with van der Waals surface area (Å²) >= 11 is 5.69. The highest BCUT2D eigenvalue weighted by molar-refractivity contribution is 7.50. The summed E-state index contributed by atoms with van der Waals surface area (Å²) < 4.78 is 5.43. The molecule has 12 heavy (non-hydrogen) atoms. The van der Waals surface area contributed by atoms with Gasteiger partial charge in [0.15, 0.2) is 0 Å². The Balaban J connectivity index is 4.08. The maximum Gasteiger partial charge on any atom is 0.0969 e. The lowest BCUT2D eigenvalue weighted by molar-refractivity contribution is 0.481. The van der Waals surface area contributed by atoms with Gasteiger partial charge in [0.1, 0.15) is 0 Å². The molecule has 0 N–H and O–H groups in total. The lowest BCUT2D eigenvalue weighted by atomic mass is 10.4. The molecule has 0 aromatic heterocycles. The van der Waals surface area contributed by atoms with Gasteiger partial charge < -0.3 is 4.52 Å². The van der Waals surface area contributed by atoms with Crippen LogP contribution in [0.25, 0.3) is 0 Å². The minimum absolute atomic E-state index is 0.341. The first kappa shape index (κ1) is 11.7. The van der Waals surface area contributed by atoms with E-state index >= 15 is 0 Å². The molecule has 0 aromatic carbocycles. The van der Waals surface area contributed by atoms with E-state index in [-0.39, 0.29) is 8.15 Å². The predicted octanol–water partition coefficient (Wildman–Crippen LogP) is 3.87. The quantitative estimate of drug-likeness (QED) is 0.384. The molecule has 0 bridgehead atoms. The lowest BCUT2D eigenvalue weighted by Gasteiger charge is -2.07. The van der Waals surface area contributed by atoms with E-state index in [1.807, 2.05) is 26.3 Å². The molecular weight excluding hydrogens is 191 g/mol. The minimum atomic E-state index is -0.341.